The van der Waals surface area contributed by atoms with E-state index in [1.807, 2.05) is 0 Å². The maximum atomic E-state index is 13.4. The van der Waals surface area contributed by atoms with Gasteiger partial charge in [-0.15, -0.1) is 0 Å². The van der Waals surface area contributed by atoms with Gasteiger partial charge < -0.3 is 23.9 Å². The Balaban J connectivity index is 3.62. The van der Waals surface area contributed by atoms with E-state index in [1.54, 1.807) is 0 Å². The number of methoxy groups -OCH3 is 1. The van der Waals surface area contributed by atoms with Gasteiger partial charge in [0.2, 0.25) is 11.6 Å². The molecule has 0 aliphatic heterocycles. The fourth-order valence-corrected chi connectivity index (χ4v) is 1.73. The number of aliphatic imine (C=N–C) groups is 1. The lowest BCUT2D eigenvalue weighted by molar-refractivity contribution is -0.266. The van der Waals surface area contributed by atoms with E-state index in [2.05, 4.69) is 14.5 Å². The van der Waals surface area contributed by atoms with Crippen LogP contribution in [0.1, 0.15) is 23.0 Å². The van der Waals surface area contributed by atoms with Crippen LogP contribution in [0, 0.1) is 0 Å². The van der Waals surface area contributed by atoms with Crippen molar-refractivity contribution in [2.75, 3.05) is 27.8 Å². The average Bonchev–Trinajstić information content (AvgIpc) is 2.95. The highest BCUT2D eigenvalue weighted by atomic mass is 19.4. The highest BCUT2D eigenvalue weighted by Crippen LogP contribution is 2.45. The zero-order valence-corrected chi connectivity index (χ0v) is 13.9. The molecule has 11 heteroatoms. The molecule has 0 bridgehead atoms. The van der Waals surface area contributed by atoms with Crippen molar-refractivity contribution in [2.45, 2.75) is 18.7 Å². The van der Waals surface area contributed by atoms with E-state index >= 15 is 0 Å². The van der Waals surface area contributed by atoms with Gasteiger partial charge in [-0.1, -0.05) is 0 Å². The molecule has 1 aromatic rings. The molecule has 0 aromatic carbocycles. The van der Waals surface area contributed by atoms with Crippen LogP contribution < -0.4 is 0 Å². The first-order chi connectivity index (χ1) is 11.5. The third-order valence-electron chi connectivity index (χ3n) is 2.88. The van der Waals surface area contributed by atoms with Gasteiger partial charge in [0.25, 0.3) is 5.60 Å². The number of aliphatic hydroxyl groups is 1. The summed E-state index contributed by atoms with van der Waals surface area (Å²) in [5.74, 6) is -4.53. The van der Waals surface area contributed by atoms with Gasteiger partial charge in [-0.2, -0.15) is 13.2 Å². The second-order valence-electron chi connectivity index (χ2n) is 4.96. The number of halogens is 3. The molecule has 0 spiro atoms. The zero-order valence-electron chi connectivity index (χ0n) is 13.9. The number of furan rings is 1. The van der Waals surface area contributed by atoms with Crippen molar-refractivity contribution in [1.29, 1.82) is 0 Å². The standard InChI is InChI=1S/C14H17F3N2O6/c1-5-24-11(20)9-6-8(10(25-9)18-7-19(2)3)13(22,12(21)23-4)14(15,16)17/h6-7,22H,5H2,1-4H3/t13-/m1/s1. The van der Waals surface area contributed by atoms with Crippen LogP contribution in [0.15, 0.2) is 15.5 Å². The van der Waals surface area contributed by atoms with E-state index in [9.17, 15) is 27.9 Å². The molecule has 0 aliphatic rings. The van der Waals surface area contributed by atoms with Crippen molar-refractivity contribution in [3.63, 3.8) is 0 Å². The third kappa shape index (κ3) is 4.10. The minimum atomic E-state index is -5.46. The monoisotopic (exact) mass is 366 g/mol. The lowest BCUT2D eigenvalue weighted by atomic mass is 9.94. The number of esters is 2. The van der Waals surface area contributed by atoms with E-state index in [0.29, 0.717) is 13.2 Å². The molecule has 140 valence electrons. The van der Waals surface area contributed by atoms with Crippen molar-refractivity contribution >= 4 is 24.2 Å². The predicted molar refractivity (Wildman–Crippen MR) is 78.5 cm³/mol. The topological polar surface area (TPSA) is 102 Å². The van der Waals surface area contributed by atoms with E-state index in [0.717, 1.165) is 6.34 Å². The number of alkyl halides is 3. The molecule has 8 nitrogen and oxygen atoms in total. The largest absolute Gasteiger partial charge is 0.466 e. The minimum absolute atomic E-state index is 0.0638. The number of carbonyl (C=O) groups excluding carboxylic acids is 2. The summed E-state index contributed by atoms with van der Waals surface area (Å²) in [6.45, 7) is 1.42. The number of ether oxygens (including phenoxy) is 2. The van der Waals surface area contributed by atoms with Gasteiger partial charge in [0.15, 0.2) is 0 Å². The van der Waals surface area contributed by atoms with Crippen LogP contribution in [0.5, 0.6) is 0 Å². The minimum Gasteiger partial charge on any atom is -0.466 e. The lowest BCUT2D eigenvalue weighted by Gasteiger charge is -2.26. The Hall–Kier alpha value is -2.56. The number of hydrogen-bond donors (Lipinski definition) is 1. The molecule has 0 aliphatic carbocycles. The Morgan fingerprint density at radius 3 is 2.44 bits per heavy atom. The van der Waals surface area contributed by atoms with Gasteiger partial charge in [0.05, 0.1) is 25.6 Å². The molecule has 0 unspecified atom stereocenters. The van der Waals surface area contributed by atoms with Crippen molar-refractivity contribution in [3.05, 3.63) is 17.4 Å². The van der Waals surface area contributed by atoms with Gasteiger partial charge in [-0.3, -0.25) is 0 Å². The predicted octanol–water partition coefficient (Wildman–Crippen LogP) is 1.60. The normalized spacial score (nSPS) is 14.2. The van der Waals surface area contributed by atoms with Crippen LogP contribution in [-0.4, -0.2) is 62.3 Å². The summed E-state index contributed by atoms with van der Waals surface area (Å²) >= 11 is 0. The molecule has 0 saturated carbocycles. The fraction of sp³-hybridized carbons (Fsp3) is 0.500. The molecule has 0 fully saturated rings. The van der Waals surface area contributed by atoms with Gasteiger partial charge in [-0.25, -0.2) is 14.6 Å². The molecular weight excluding hydrogens is 349 g/mol. The lowest BCUT2D eigenvalue weighted by Crippen LogP contribution is -2.49. The molecule has 0 radical (unpaired) electrons. The first-order valence-corrected chi connectivity index (χ1v) is 6.88. The van der Waals surface area contributed by atoms with Crippen LogP contribution >= 0.6 is 0 Å². The quantitative estimate of drug-likeness (QED) is 0.463. The van der Waals surface area contributed by atoms with Crippen molar-refractivity contribution in [1.82, 2.24) is 4.90 Å². The van der Waals surface area contributed by atoms with Gasteiger partial charge in [-0.05, 0) is 6.92 Å². The average molecular weight is 366 g/mol. The first kappa shape index (κ1) is 20.5. The van der Waals surface area contributed by atoms with Crippen molar-refractivity contribution in [2.24, 2.45) is 4.99 Å². The van der Waals surface area contributed by atoms with E-state index in [4.69, 9.17) is 4.42 Å². The SMILES string of the molecule is CCOC(=O)c1cc([C@@](O)(C(=O)OC)C(F)(F)F)c(N=CN(C)C)o1. The van der Waals surface area contributed by atoms with Gasteiger partial charge in [0, 0.05) is 20.2 Å². The molecule has 1 heterocycles. The summed E-state index contributed by atoms with van der Waals surface area (Å²) in [5, 5.41) is 10.1. The van der Waals surface area contributed by atoms with Crippen LogP contribution in [-0.2, 0) is 19.9 Å². The van der Waals surface area contributed by atoms with E-state index in [1.165, 1.54) is 25.9 Å². The highest BCUT2D eigenvalue weighted by Gasteiger charge is 2.64. The molecule has 1 atom stereocenters. The van der Waals surface area contributed by atoms with Crippen LogP contribution in [0.25, 0.3) is 0 Å². The maximum Gasteiger partial charge on any atom is 0.432 e. The van der Waals surface area contributed by atoms with Crippen molar-refractivity contribution in [3.8, 4) is 0 Å². The van der Waals surface area contributed by atoms with Gasteiger partial charge >= 0.3 is 18.1 Å². The highest BCUT2D eigenvalue weighted by molar-refractivity contribution is 5.90. The molecular formula is C14H17F3N2O6. The Bertz CT molecular complexity index is 668. The van der Waals surface area contributed by atoms with Crippen LogP contribution in [0.3, 0.4) is 0 Å². The van der Waals surface area contributed by atoms with Gasteiger partial charge in [0.1, 0.15) is 0 Å². The molecule has 0 amide bonds. The van der Waals surface area contributed by atoms with E-state index < -0.39 is 40.9 Å². The Morgan fingerprint density at radius 1 is 1.40 bits per heavy atom. The summed E-state index contributed by atoms with van der Waals surface area (Å²) in [6.07, 6.45) is -4.40. The summed E-state index contributed by atoms with van der Waals surface area (Å²) < 4.78 is 53.8. The molecule has 1 rings (SSSR count). The maximum absolute atomic E-state index is 13.4. The second kappa shape index (κ2) is 7.55. The summed E-state index contributed by atoms with van der Waals surface area (Å²) in [5.41, 5.74) is -5.16. The van der Waals surface area contributed by atoms with Crippen LogP contribution in [0.2, 0.25) is 0 Å². The fourth-order valence-electron chi connectivity index (χ4n) is 1.73. The van der Waals surface area contributed by atoms with E-state index in [-0.39, 0.29) is 6.61 Å². The summed E-state index contributed by atoms with van der Waals surface area (Å²) in [7, 11) is 3.72. The summed E-state index contributed by atoms with van der Waals surface area (Å²) in [6, 6.07) is 0.546. The summed E-state index contributed by atoms with van der Waals surface area (Å²) in [4.78, 5) is 28.4. The molecule has 1 aromatic heterocycles. The Kier molecular flexibility index (Phi) is 6.19. The number of rotatable bonds is 6. The smallest absolute Gasteiger partial charge is 0.432 e. The zero-order chi connectivity index (χ0) is 19.4. The molecule has 0 saturated heterocycles. The number of carbonyl (C=O) groups is 2. The number of nitrogens with zero attached hydrogens (tertiary/aromatic N) is 2. The first-order valence-electron chi connectivity index (χ1n) is 6.88. The Labute approximate surface area is 140 Å². The third-order valence-corrected chi connectivity index (χ3v) is 2.88. The second-order valence-corrected chi connectivity index (χ2v) is 4.96. The number of hydrogen-bond acceptors (Lipinski definition) is 7. The molecule has 1 N–H and O–H groups in total. The Morgan fingerprint density at radius 2 is 2.00 bits per heavy atom. The van der Waals surface area contributed by atoms with Crippen LogP contribution in [0.4, 0.5) is 19.1 Å². The molecule has 25 heavy (non-hydrogen) atoms. The van der Waals surface area contributed by atoms with Crippen molar-refractivity contribution < 1.29 is 41.8 Å².